The molecule has 1 aromatic carbocycles. The summed E-state index contributed by atoms with van der Waals surface area (Å²) in [5.74, 6) is -0.529. The Labute approximate surface area is 138 Å². The van der Waals surface area contributed by atoms with Gasteiger partial charge in [0, 0.05) is 29.9 Å². The Morgan fingerprint density at radius 1 is 1.33 bits per heavy atom. The molecule has 0 aliphatic carbocycles. The maximum Gasteiger partial charge on any atom is 0.276 e. The number of rotatable bonds is 6. The topological polar surface area (TPSA) is 107 Å². The molecule has 2 aromatic rings. The first-order valence-corrected chi connectivity index (χ1v) is 7.57. The van der Waals surface area contributed by atoms with E-state index in [-0.39, 0.29) is 16.9 Å². The van der Waals surface area contributed by atoms with Crippen molar-refractivity contribution in [2.24, 2.45) is 0 Å². The maximum atomic E-state index is 12.3. The molecule has 0 bridgehead atoms. The van der Waals surface area contributed by atoms with Gasteiger partial charge in [-0.3, -0.25) is 19.7 Å². The molecule has 24 heavy (non-hydrogen) atoms. The van der Waals surface area contributed by atoms with Gasteiger partial charge >= 0.3 is 0 Å². The number of nitro groups is 1. The predicted molar refractivity (Wildman–Crippen MR) is 89.2 cm³/mol. The number of nitrogens with one attached hydrogen (secondary N) is 1. The number of carbonyl (C=O) groups is 1. The van der Waals surface area contributed by atoms with Crippen molar-refractivity contribution in [1.82, 2.24) is 9.78 Å². The van der Waals surface area contributed by atoms with E-state index in [2.05, 4.69) is 10.4 Å². The van der Waals surface area contributed by atoms with Gasteiger partial charge in [0.25, 0.3) is 17.2 Å². The summed E-state index contributed by atoms with van der Waals surface area (Å²) in [7, 11) is 0. The molecule has 1 amide bonds. The van der Waals surface area contributed by atoms with Crippen molar-refractivity contribution >= 4 is 17.3 Å². The minimum absolute atomic E-state index is 0.0753. The standard InChI is InChI=1S/C16H18N4O4/c1-3-4-9-19-15(21)8-7-13(18-19)16(22)17-12-6-5-11(2)14(10-12)20(23)24/h5-8,10H,3-4,9H2,1-2H3,(H,17,22). The fourth-order valence-electron chi connectivity index (χ4n) is 2.12. The molecular formula is C16H18N4O4. The lowest BCUT2D eigenvalue weighted by Gasteiger charge is -2.08. The molecule has 0 fully saturated rings. The Bertz CT molecular complexity index is 829. The number of aryl methyl sites for hydroxylation is 2. The number of nitrogens with zero attached hydrogens (tertiary/aromatic N) is 3. The van der Waals surface area contributed by atoms with Gasteiger partial charge in [0.1, 0.15) is 5.69 Å². The summed E-state index contributed by atoms with van der Waals surface area (Å²) in [5.41, 5.74) is 0.531. The Hall–Kier alpha value is -3.03. The van der Waals surface area contributed by atoms with E-state index in [1.165, 1.54) is 22.9 Å². The number of hydrogen-bond donors (Lipinski definition) is 1. The quantitative estimate of drug-likeness (QED) is 0.647. The van der Waals surface area contributed by atoms with Crippen molar-refractivity contribution in [3.8, 4) is 0 Å². The third-order valence-electron chi connectivity index (χ3n) is 3.49. The van der Waals surface area contributed by atoms with Crippen molar-refractivity contribution in [2.45, 2.75) is 33.2 Å². The summed E-state index contributed by atoms with van der Waals surface area (Å²) >= 11 is 0. The molecule has 8 nitrogen and oxygen atoms in total. The molecule has 8 heteroatoms. The third kappa shape index (κ3) is 4.03. The van der Waals surface area contributed by atoms with Crippen LogP contribution in [-0.2, 0) is 6.54 Å². The zero-order chi connectivity index (χ0) is 17.7. The molecule has 1 heterocycles. The van der Waals surface area contributed by atoms with E-state index in [4.69, 9.17) is 0 Å². The Kier molecular flexibility index (Phi) is 5.41. The number of benzene rings is 1. The van der Waals surface area contributed by atoms with Crippen molar-refractivity contribution in [3.05, 3.63) is 62.1 Å². The molecule has 0 atom stereocenters. The summed E-state index contributed by atoms with van der Waals surface area (Å²) in [4.78, 5) is 34.4. The van der Waals surface area contributed by atoms with Crippen LogP contribution in [0.1, 0.15) is 35.8 Å². The van der Waals surface area contributed by atoms with Crippen LogP contribution >= 0.6 is 0 Å². The van der Waals surface area contributed by atoms with Crippen molar-refractivity contribution < 1.29 is 9.72 Å². The molecule has 0 radical (unpaired) electrons. The maximum absolute atomic E-state index is 12.3. The highest BCUT2D eigenvalue weighted by Crippen LogP contribution is 2.22. The summed E-state index contributed by atoms with van der Waals surface area (Å²) in [6.07, 6.45) is 1.68. The number of anilines is 1. The fourth-order valence-corrected chi connectivity index (χ4v) is 2.12. The number of aromatic nitrogens is 2. The van der Waals surface area contributed by atoms with Crippen LogP contribution in [0.5, 0.6) is 0 Å². The van der Waals surface area contributed by atoms with Gasteiger partial charge in [-0.05, 0) is 25.5 Å². The van der Waals surface area contributed by atoms with Gasteiger partial charge in [-0.1, -0.05) is 19.4 Å². The normalized spacial score (nSPS) is 10.4. The Morgan fingerprint density at radius 2 is 2.08 bits per heavy atom. The van der Waals surface area contributed by atoms with Crippen LogP contribution in [0.4, 0.5) is 11.4 Å². The van der Waals surface area contributed by atoms with Crippen molar-refractivity contribution in [1.29, 1.82) is 0 Å². The first-order valence-electron chi connectivity index (χ1n) is 7.57. The molecule has 1 N–H and O–H groups in total. The van der Waals surface area contributed by atoms with Crippen LogP contribution in [0.15, 0.2) is 35.1 Å². The minimum atomic E-state index is -0.529. The fraction of sp³-hybridized carbons (Fsp3) is 0.312. The monoisotopic (exact) mass is 330 g/mol. The lowest BCUT2D eigenvalue weighted by Crippen LogP contribution is -2.26. The molecule has 1 aromatic heterocycles. The third-order valence-corrected chi connectivity index (χ3v) is 3.49. The average Bonchev–Trinajstić information content (AvgIpc) is 2.55. The zero-order valence-corrected chi connectivity index (χ0v) is 13.5. The van der Waals surface area contributed by atoms with Gasteiger partial charge in [0.05, 0.1) is 4.92 Å². The van der Waals surface area contributed by atoms with E-state index >= 15 is 0 Å². The molecule has 126 valence electrons. The summed E-state index contributed by atoms with van der Waals surface area (Å²) in [6, 6.07) is 7.05. The van der Waals surface area contributed by atoms with Gasteiger partial charge in [0.2, 0.25) is 0 Å². The molecule has 2 rings (SSSR count). The molecule has 0 saturated heterocycles. The first-order chi connectivity index (χ1) is 11.4. The molecule has 0 unspecified atom stereocenters. The van der Waals surface area contributed by atoms with Crippen LogP contribution in [-0.4, -0.2) is 20.6 Å². The second-order valence-corrected chi connectivity index (χ2v) is 5.35. The van der Waals surface area contributed by atoms with Crippen LogP contribution in [0.2, 0.25) is 0 Å². The van der Waals surface area contributed by atoms with E-state index in [1.807, 2.05) is 6.92 Å². The van der Waals surface area contributed by atoms with Crippen LogP contribution in [0, 0.1) is 17.0 Å². The largest absolute Gasteiger partial charge is 0.320 e. The summed E-state index contributed by atoms with van der Waals surface area (Å²) < 4.78 is 1.25. The van der Waals surface area contributed by atoms with Gasteiger partial charge in [-0.2, -0.15) is 5.10 Å². The van der Waals surface area contributed by atoms with Crippen molar-refractivity contribution in [3.63, 3.8) is 0 Å². The van der Waals surface area contributed by atoms with Gasteiger partial charge in [-0.15, -0.1) is 0 Å². The molecule has 0 aliphatic heterocycles. The molecule has 0 aliphatic rings. The van der Waals surface area contributed by atoms with Crippen molar-refractivity contribution in [2.75, 3.05) is 5.32 Å². The summed E-state index contributed by atoms with van der Waals surface area (Å²) in [6.45, 7) is 4.05. The lowest BCUT2D eigenvalue weighted by molar-refractivity contribution is -0.385. The molecule has 0 saturated carbocycles. The van der Waals surface area contributed by atoms with E-state index in [9.17, 15) is 19.7 Å². The summed E-state index contributed by atoms with van der Waals surface area (Å²) in [5, 5.41) is 17.6. The first kappa shape index (κ1) is 17.3. The highest BCUT2D eigenvalue weighted by molar-refractivity contribution is 6.02. The lowest BCUT2D eigenvalue weighted by atomic mass is 10.2. The number of unbranched alkanes of at least 4 members (excludes halogenated alkanes) is 1. The Morgan fingerprint density at radius 3 is 2.75 bits per heavy atom. The average molecular weight is 330 g/mol. The smallest absolute Gasteiger partial charge is 0.276 e. The highest BCUT2D eigenvalue weighted by Gasteiger charge is 2.14. The minimum Gasteiger partial charge on any atom is -0.320 e. The van der Waals surface area contributed by atoms with Crippen LogP contribution < -0.4 is 10.9 Å². The van der Waals surface area contributed by atoms with E-state index in [0.717, 1.165) is 12.8 Å². The van der Waals surface area contributed by atoms with E-state index in [0.29, 0.717) is 17.8 Å². The van der Waals surface area contributed by atoms with Gasteiger partial charge in [0.15, 0.2) is 0 Å². The number of hydrogen-bond acceptors (Lipinski definition) is 5. The van der Waals surface area contributed by atoms with Gasteiger partial charge in [-0.25, -0.2) is 4.68 Å². The second-order valence-electron chi connectivity index (χ2n) is 5.35. The number of amides is 1. The van der Waals surface area contributed by atoms with Crippen LogP contribution in [0.3, 0.4) is 0 Å². The van der Waals surface area contributed by atoms with E-state index < -0.39 is 10.8 Å². The predicted octanol–water partition coefficient (Wildman–Crippen LogP) is 2.51. The second kappa shape index (κ2) is 7.49. The number of nitro benzene ring substituents is 1. The Balaban J connectivity index is 2.22. The van der Waals surface area contributed by atoms with Crippen LogP contribution in [0.25, 0.3) is 0 Å². The highest BCUT2D eigenvalue weighted by atomic mass is 16.6. The molecular weight excluding hydrogens is 312 g/mol. The van der Waals surface area contributed by atoms with E-state index in [1.54, 1.807) is 19.1 Å². The SMILES string of the molecule is CCCCn1nc(C(=O)Nc2ccc(C)c([N+](=O)[O-])c2)ccc1=O. The number of carbonyl (C=O) groups excluding carboxylic acids is 1. The van der Waals surface area contributed by atoms with Gasteiger partial charge < -0.3 is 5.32 Å². The molecule has 0 spiro atoms. The zero-order valence-electron chi connectivity index (χ0n) is 13.5.